The van der Waals surface area contributed by atoms with Crippen LogP contribution in [0.1, 0.15) is 32.4 Å². The Labute approximate surface area is 211 Å². The summed E-state index contributed by atoms with van der Waals surface area (Å²) in [5.41, 5.74) is 1.31. The van der Waals surface area contributed by atoms with Gasteiger partial charge in [-0.3, -0.25) is 19.4 Å². The molecular formula is C22H26N4O5S3. The maximum Gasteiger partial charge on any atom is 0.352 e. The molecule has 3 aliphatic rings. The first kappa shape index (κ1) is 24.8. The van der Waals surface area contributed by atoms with Gasteiger partial charge in [0.05, 0.1) is 12.5 Å². The van der Waals surface area contributed by atoms with Crippen molar-refractivity contribution >= 4 is 57.8 Å². The van der Waals surface area contributed by atoms with Crippen molar-refractivity contribution in [2.75, 3.05) is 18.3 Å². The molecule has 0 spiro atoms. The van der Waals surface area contributed by atoms with Gasteiger partial charge in [-0.25, -0.2) is 4.79 Å². The number of hydrogen-bond acceptors (Lipinski definition) is 8. The van der Waals surface area contributed by atoms with Crippen molar-refractivity contribution in [1.29, 1.82) is 0 Å². The number of aliphatic carboxylic acids is 1. The van der Waals surface area contributed by atoms with Gasteiger partial charge in [0.15, 0.2) is 0 Å². The first-order valence-electron chi connectivity index (χ1n) is 10.7. The maximum absolute atomic E-state index is 13.6. The number of carboxylic acids is 1. The van der Waals surface area contributed by atoms with Gasteiger partial charge in [-0.2, -0.15) is 0 Å². The van der Waals surface area contributed by atoms with E-state index in [1.807, 2.05) is 23.6 Å². The van der Waals surface area contributed by atoms with Crippen molar-refractivity contribution in [3.63, 3.8) is 0 Å². The first-order chi connectivity index (χ1) is 16.1. The molecule has 0 unspecified atom stereocenters. The molecule has 12 heteroatoms. The molecule has 0 radical (unpaired) electrons. The molecule has 0 saturated carbocycles. The lowest BCUT2D eigenvalue weighted by Gasteiger charge is -2.50. The summed E-state index contributed by atoms with van der Waals surface area (Å²) in [4.78, 5) is 43.4. The van der Waals surface area contributed by atoms with Crippen LogP contribution in [-0.2, 0) is 14.4 Å². The largest absolute Gasteiger partial charge is 0.508 e. The predicted octanol–water partition coefficient (Wildman–Crippen LogP) is 2.15. The van der Waals surface area contributed by atoms with Crippen LogP contribution in [0, 0.1) is 0 Å². The van der Waals surface area contributed by atoms with Crippen molar-refractivity contribution in [3.8, 4) is 5.75 Å². The highest BCUT2D eigenvalue weighted by Crippen LogP contribution is 2.40. The first-order valence-corrected chi connectivity index (χ1v) is 13.2. The molecule has 0 bridgehead atoms. The van der Waals surface area contributed by atoms with Crippen LogP contribution >= 0.6 is 35.7 Å². The van der Waals surface area contributed by atoms with Crippen molar-refractivity contribution < 1.29 is 24.6 Å². The van der Waals surface area contributed by atoms with E-state index < -0.39 is 29.3 Å². The number of carbonyl (C=O) groups is 3. The lowest BCUT2D eigenvalue weighted by Crippen LogP contribution is -2.71. The zero-order valence-corrected chi connectivity index (χ0v) is 21.4. The van der Waals surface area contributed by atoms with E-state index in [9.17, 15) is 24.6 Å². The van der Waals surface area contributed by atoms with Crippen LogP contribution in [0.5, 0.6) is 5.75 Å². The summed E-state index contributed by atoms with van der Waals surface area (Å²) in [5, 5.41) is 21.7. The van der Waals surface area contributed by atoms with Gasteiger partial charge in [0, 0.05) is 11.8 Å². The summed E-state index contributed by atoms with van der Waals surface area (Å²) >= 11 is 8.39. The number of carbonyl (C=O) groups excluding carboxylic acids is 2. The number of hydrogen-bond donors (Lipinski definition) is 3. The standard InChI is InChI=1S/C22H26N4O5S3/c1-11(2)25-9-24(10-34-22(25)32)17(13-4-6-14(27)7-5-13)18(28)23-15-19(29)26-16(21(30)31)12(3)8-33-20(15)26/h4-7,11,15,17,20,27H,8-10H2,1-3H3,(H,23,28)(H,30,31)/t15-,17-,20-/m1/s1. The third kappa shape index (κ3) is 4.51. The Hall–Kier alpha value is -2.28. The zero-order valence-electron chi connectivity index (χ0n) is 18.9. The monoisotopic (exact) mass is 522 g/mol. The Balaban J connectivity index is 1.57. The number of nitrogens with one attached hydrogen (secondary N) is 1. The predicted molar refractivity (Wildman–Crippen MR) is 135 cm³/mol. The normalized spacial score (nSPS) is 24.1. The molecule has 0 aliphatic carbocycles. The molecule has 3 atom stereocenters. The number of amides is 2. The van der Waals surface area contributed by atoms with E-state index in [1.165, 1.54) is 40.6 Å². The Bertz CT molecular complexity index is 1060. The Kier molecular flexibility index (Phi) is 7.13. The van der Waals surface area contributed by atoms with Crippen molar-refractivity contribution in [3.05, 3.63) is 41.1 Å². The summed E-state index contributed by atoms with van der Waals surface area (Å²) < 4.78 is 0.767. The second-order valence-corrected chi connectivity index (χ2v) is 11.3. The van der Waals surface area contributed by atoms with E-state index in [0.717, 1.165) is 4.32 Å². The average Bonchev–Trinajstić information content (AvgIpc) is 2.79. The number of β-lactam (4-membered cyclic amide) rings is 1. The molecule has 2 saturated heterocycles. The quantitative estimate of drug-likeness (QED) is 0.379. The minimum atomic E-state index is -1.14. The molecule has 182 valence electrons. The van der Waals surface area contributed by atoms with Gasteiger partial charge in [0.1, 0.15) is 33.2 Å². The third-order valence-corrected chi connectivity index (χ3v) is 8.98. The molecule has 4 rings (SSSR count). The summed E-state index contributed by atoms with van der Waals surface area (Å²) in [6.45, 7) is 6.20. The molecule has 3 N–H and O–H groups in total. The van der Waals surface area contributed by atoms with Gasteiger partial charge in [0.2, 0.25) is 5.91 Å². The molecule has 1 aromatic rings. The van der Waals surface area contributed by atoms with E-state index in [1.54, 1.807) is 19.1 Å². The molecule has 2 amide bonds. The summed E-state index contributed by atoms with van der Waals surface area (Å²) in [5.74, 6) is -0.859. The van der Waals surface area contributed by atoms with Crippen LogP contribution in [0.2, 0.25) is 0 Å². The fraction of sp³-hybridized carbons (Fsp3) is 0.455. The molecule has 0 aromatic heterocycles. The SMILES string of the molecule is CC1=C(C(=O)O)N2C(=O)[C@@H](NC(=O)[C@@H](c3ccc(O)cc3)N3CSC(=S)N(C(C)C)C3)[C@H]2SC1. The van der Waals surface area contributed by atoms with Gasteiger partial charge in [-0.15, -0.1) is 11.8 Å². The Morgan fingerprint density at radius 3 is 2.53 bits per heavy atom. The number of carboxylic acid groups (broad SMARTS) is 1. The Morgan fingerprint density at radius 2 is 1.91 bits per heavy atom. The van der Waals surface area contributed by atoms with E-state index in [2.05, 4.69) is 5.32 Å². The van der Waals surface area contributed by atoms with Crippen molar-refractivity contribution in [1.82, 2.24) is 20.0 Å². The van der Waals surface area contributed by atoms with E-state index in [-0.39, 0.29) is 23.4 Å². The summed E-state index contributed by atoms with van der Waals surface area (Å²) in [6, 6.07) is 5.06. The van der Waals surface area contributed by atoms with Crippen LogP contribution in [-0.4, -0.2) is 82.8 Å². The van der Waals surface area contributed by atoms with Crippen LogP contribution < -0.4 is 5.32 Å². The van der Waals surface area contributed by atoms with Crippen LogP contribution in [0.15, 0.2) is 35.5 Å². The second-order valence-electron chi connectivity index (χ2n) is 8.66. The number of benzene rings is 1. The lowest BCUT2D eigenvalue weighted by atomic mass is 10.0. The van der Waals surface area contributed by atoms with E-state index >= 15 is 0 Å². The molecule has 2 fully saturated rings. The van der Waals surface area contributed by atoms with Crippen molar-refractivity contribution in [2.45, 2.75) is 44.3 Å². The number of rotatable bonds is 6. The molecule has 34 heavy (non-hydrogen) atoms. The minimum absolute atomic E-state index is 0.00264. The van der Waals surface area contributed by atoms with Crippen LogP contribution in [0.3, 0.4) is 0 Å². The highest BCUT2D eigenvalue weighted by atomic mass is 32.2. The fourth-order valence-electron chi connectivity index (χ4n) is 4.24. The molecule has 3 heterocycles. The third-order valence-electron chi connectivity index (χ3n) is 6.03. The lowest BCUT2D eigenvalue weighted by molar-refractivity contribution is -0.151. The maximum atomic E-state index is 13.6. The highest BCUT2D eigenvalue weighted by Gasteiger charge is 2.54. The summed E-state index contributed by atoms with van der Waals surface area (Å²) in [7, 11) is 0. The highest BCUT2D eigenvalue weighted by molar-refractivity contribution is 8.22. The van der Waals surface area contributed by atoms with Gasteiger partial charge in [0.25, 0.3) is 5.91 Å². The topological polar surface area (TPSA) is 113 Å². The number of phenols is 1. The molecule has 3 aliphatic heterocycles. The van der Waals surface area contributed by atoms with Gasteiger partial charge in [-0.05, 0) is 44.0 Å². The van der Waals surface area contributed by atoms with E-state index in [4.69, 9.17) is 12.2 Å². The van der Waals surface area contributed by atoms with Gasteiger partial charge < -0.3 is 20.4 Å². The molecule has 9 nitrogen and oxygen atoms in total. The number of aromatic hydroxyl groups is 1. The number of thioether (sulfide) groups is 2. The smallest absolute Gasteiger partial charge is 0.352 e. The van der Waals surface area contributed by atoms with E-state index in [0.29, 0.717) is 29.4 Å². The number of fused-ring (bicyclic) bond motifs is 1. The molecule has 1 aromatic carbocycles. The summed E-state index contributed by atoms with van der Waals surface area (Å²) in [6.07, 6.45) is 0. The van der Waals surface area contributed by atoms with Gasteiger partial charge >= 0.3 is 5.97 Å². The second kappa shape index (κ2) is 9.76. The Morgan fingerprint density at radius 1 is 1.24 bits per heavy atom. The number of thiocarbonyl (C=S) groups is 1. The number of nitrogens with zero attached hydrogens (tertiary/aromatic N) is 3. The fourth-order valence-corrected chi connectivity index (χ4v) is 6.90. The van der Waals surface area contributed by atoms with Crippen LogP contribution in [0.4, 0.5) is 0 Å². The van der Waals surface area contributed by atoms with Crippen LogP contribution in [0.25, 0.3) is 0 Å². The zero-order chi connectivity index (χ0) is 24.7. The minimum Gasteiger partial charge on any atom is -0.508 e. The number of phenolic OH excluding ortho intramolecular Hbond substituents is 1. The van der Waals surface area contributed by atoms with Crippen molar-refractivity contribution in [2.24, 2.45) is 0 Å². The molecular weight excluding hydrogens is 496 g/mol. The average molecular weight is 523 g/mol. The van der Waals surface area contributed by atoms with Gasteiger partial charge in [-0.1, -0.05) is 36.1 Å².